The highest BCUT2D eigenvalue weighted by molar-refractivity contribution is 8.00. The number of nitrogens with zero attached hydrogens (tertiary/aromatic N) is 4. The lowest BCUT2D eigenvalue weighted by molar-refractivity contribution is -0.127. The van der Waals surface area contributed by atoms with Crippen molar-refractivity contribution in [1.29, 1.82) is 0 Å². The lowest BCUT2D eigenvalue weighted by Gasteiger charge is -2.15. The van der Waals surface area contributed by atoms with Crippen LogP contribution in [0.2, 0.25) is 0 Å². The fraction of sp³-hybridized carbons (Fsp3) is 0.700. The van der Waals surface area contributed by atoms with Crippen LogP contribution in [0.1, 0.15) is 12.7 Å². The summed E-state index contributed by atoms with van der Waals surface area (Å²) in [6, 6.07) is 0. The van der Waals surface area contributed by atoms with Crippen LogP contribution in [-0.4, -0.2) is 52.0 Å². The zero-order valence-electron chi connectivity index (χ0n) is 11.3. The van der Waals surface area contributed by atoms with Gasteiger partial charge in [-0.2, -0.15) is 0 Å². The van der Waals surface area contributed by atoms with Gasteiger partial charge in [-0.05, 0) is 14.0 Å². The third-order valence-electron chi connectivity index (χ3n) is 2.33. The Morgan fingerprint density at radius 3 is 2.61 bits per heavy atom. The number of carbonyl (C=O) groups is 1. The van der Waals surface area contributed by atoms with Crippen LogP contribution in [0.3, 0.4) is 0 Å². The van der Waals surface area contributed by atoms with Crippen LogP contribution in [0.5, 0.6) is 0 Å². The van der Waals surface area contributed by atoms with Crippen molar-refractivity contribution in [3.8, 4) is 0 Å². The minimum Gasteiger partial charge on any atom is -0.348 e. The minimum absolute atomic E-state index is 0. The minimum atomic E-state index is -0.157. The topological polar surface area (TPSA) is 63.1 Å². The van der Waals surface area contributed by atoms with Crippen molar-refractivity contribution >= 4 is 30.1 Å². The molecule has 0 aromatic carbocycles. The third-order valence-corrected chi connectivity index (χ3v) is 3.45. The van der Waals surface area contributed by atoms with Crippen molar-refractivity contribution in [2.45, 2.75) is 23.9 Å². The molecule has 1 atom stereocenters. The predicted octanol–water partition coefficient (Wildman–Crippen LogP) is 0.525. The zero-order valence-corrected chi connectivity index (χ0v) is 12.9. The normalized spacial score (nSPS) is 11.8. The quantitative estimate of drug-likeness (QED) is 0.802. The molecule has 8 heteroatoms. The van der Waals surface area contributed by atoms with Crippen LogP contribution in [-0.2, 0) is 18.4 Å². The molecule has 1 unspecified atom stereocenters. The second-order valence-electron chi connectivity index (χ2n) is 3.98. The summed E-state index contributed by atoms with van der Waals surface area (Å²) in [4.78, 5) is 13.3. The van der Waals surface area contributed by atoms with E-state index < -0.39 is 0 Å². The number of rotatable bonds is 5. The van der Waals surface area contributed by atoms with Gasteiger partial charge in [-0.15, -0.1) is 22.6 Å². The van der Waals surface area contributed by atoms with Crippen LogP contribution < -0.4 is 5.32 Å². The molecule has 1 amide bonds. The number of carbonyl (C=O) groups excluding carboxylic acids is 1. The Labute approximate surface area is 118 Å². The fourth-order valence-electron chi connectivity index (χ4n) is 1.33. The maximum absolute atomic E-state index is 11.7. The largest absolute Gasteiger partial charge is 0.348 e. The van der Waals surface area contributed by atoms with Gasteiger partial charge in [0.05, 0.1) is 11.8 Å². The molecule has 1 aromatic rings. The Hall–Kier alpha value is -0.790. The Balaban J connectivity index is 0.00000289. The molecule has 0 aliphatic rings. The summed E-state index contributed by atoms with van der Waals surface area (Å²) < 4.78 is 1.90. The van der Waals surface area contributed by atoms with Crippen molar-refractivity contribution < 1.29 is 4.79 Å². The van der Waals surface area contributed by atoms with E-state index in [9.17, 15) is 4.79 Å². The van der Waals surface area contributed by atoms with Crippen LogP contribution in [0.4, 0.5) is 0 Å². The molecule has 0 fully saturated rings. The Kier molecular flexibility index (Phi) is 7.27. The van der Waals surface area contributed by atoms with Gasteiger partial charge in [-0.3, -0.25) is 4.79 Å². The summed E-state index contributed by atoms with van der Waals surface area (Å²) in [7, 11) is 7.27. The van der Waals surface area contributed by atoms with E-state index in [2.05, 4.69) is 15.5 Å². The van der Waals surface area contributed by atoms with Crippen LogP contribution in [0, 0.1) is 0 Å². The first-order chi connectivity index (χ1) is 7.97. The Morgan fingerprint density at radius 1 is 1.50 bits per heavy atom. The first kappa shape index (κ1) is 17.2. The highest BCUT2D eigenvalue weighted by Gasteiger charge is 2.19. The maximum atomic E-state index is 11.7. The highest BCUT2D eigenvalue weighted by Crippen LogP contribution is 2.22. The molecule has 1 aromatic heterocycles. The van der Waals surface area contributed by atoms with Crippen LogP contribution >= 0.6 is 24.2 Å². The SMILES string of the molecule is CNCc1nnc(SC(C)C(=O)N(C)C)n1C.Cl. The number of nitrogens with one attached hydrogen (secondary N) is 1. The molecule has 0 aliphatic heterocycles. The average Bonchev–Trinajstić information content (AvgIpc) is 2.61. The molecule has 0 bridgehead atoms. The number of aromatic nitrogens is 3. The first-order valence-electron chi connectivity index (χ1n) is 5.38. The molecule has 1 heterocycles. The average molecular weight is 294 g/mol. The van der Waals surface area contributed by atoms with Crippen molar-refractivity contribution in [1.82, 2.24) is 25.0 Å². The van der Waals surface area contributed by atoms with Gasteiger partial charge in [0.25, 0.3) is 0 Å². The molecule has 1 N–H and O–H groups in total. The molecular weight excluding hydrogens is 274 g/mol. The molecule has 0 saturated carbocycles. The van der Waals surface area contributed by atoms with E-state index in [1.807, 2.05) is 25.6 Å². The molecule has 104 valence electrons. The molecule has 18 heavy (non-hydrogen) atoms. The smallest absolute Gasteiger partial charge is 0.235 e. The molecule has 0 spiro atoms. The van der Waals surface area contributed by atoms with E-state index in [1.54, 1.807) is 19.0 Å². The Bertz CT molecular complexity index is 396. The summed E-state index contributed by atoms with van der Waals surface area (Å²) >= 11 is 1.42. The van der Waals surface area contributed by atoms with E-state index in [1.165, 1.54) is 11.8 Å². The van der Waals surface area contributed by atoms with Crippen LogP contribution in [0.25, 0.3) is 0 Å². The van der Waals surface area contributed by atoms with Crippen LogP contribution in [0.15, 0.2) is 5.16 Å². The number of halogens is 1. The van der Waals surface area contributed by atoms with Gasteiger partial charge < -0.3 is 14.8 Å². The summed E-state index contributed by atoms with van der Waals surface area (Å²) in [5.74, 6) is 0.938. The van der Waals surface area contributed by atoms with Gasteiger partial charge in [0, 0.05) is 21.1 Å². The third kappa shape index (κ3) is 4.15. The van der Waals surface area contributed by atoms with Gasteiger partial charge in [-0.1, -0.05) is 11.8 Å². The van der Waals surface area contributed by atoms with E-state index in [4.69, 9.17) is 0 Å². The van der Waals surface area contributed by atoms with Gasteiger partial charge in [0.2, 0.25) is 5.91 Å². The lowest BCUT2D eigenvalue weighted by atomic mass is 10.4. The number of amides is 1. The van der Waals surface area contributed by atoms with Gasteiger partial charge in [0.15, 0.2) is 5.16 Å². The van der Waals surface area contributed by atoms with Crippen molar-refractivity contribution in [2.24, 2.45) is 7.05 Å². The van der Waals surface area contributed by atoms with Crippen molar-refractivity contribution in [2.75, 3.05) is 21.1 Å². The number of thioether (sulfide) groups is 1. The summed E-state index contributed by atoms with van der Waals surface area (Å²) in [5, 5.41) is 11.8. The number of hydrogen-bond donors (Lipinski definition) is 1. The predicted molar refractivity (Wildman–Crippen MR) is 75.0 cm³/mol. The first-order valence-corrected chi connectivity index (χ1v) is 6.26. The van der Waals surface area contributed by atoms with E-state index in [0.29, 0.717) is 6.54 Å². The Morgan fingerprint density at radius 2 is 2.11 bits per heavy atom. The van der Waals surface area contributed by atoms with Gasteiger partial charge in [0.1, 0.15) is 5.82 Å². The highest BCUT2D eigenvalue weighted by atomic mass is 35.5. The summed E-state index contributed by atoms with van der Waals surface area (Å²) in [5.41, 5.74) is 0. The zero-order chi connectivity index (χ0) is 13.0. The van der Waals surface area contributed by atoms with E-state index in [-0.39, 0.29) is 23.6 Å². The second-order valence-corrected chi connectivity index (χ2v) is 5.29. The monoisotopic (exact) mass is 293 g/mol. The molecule has 0 radical (unpaired) electrons. The van der Waals surface area contributed by atoms with Gasteiger partial charge >= 0.3 is 0 Å². The molecule has 1 rings (SSSR count). The lowest BCUT2D eigenvalue weighted by Crippen LogP contribution is -2.29. The van der Waals surface area contributed by atoms with E-state index in [0.717, 1.165) is 11.0 Å². The molecular formula is C10H20ClN5OS. The standard InChI is InChI=1S/C10H19N5OS.ClH/c1-7(9(16)14(3)4)17-10-13-12-8(6-11-2)15(10)5;/h7,11H,6H2,1-5H3;1H. The molecule has 0 saturated heterocycles. The second kappa shape index (κ2) is 7.60. The van der Waals surface area contributed by atoms with E-state index >= 15 is 0 Å². The number of hydrogen-bond acceptors (Lipinski definition) is 5. The van der Waals surface area contributed by atoms with Crippen molar-refractivity contribution in [3.63, 3.8) is 0 Å². The molecule has 6 nitrogen and oxygen atoms in total. The molecule has 0 aliphatic carbocycles. The summed E-state index contributed by atoms with van der Waals surface area (Å²) in [6.45, 7) is 2.54. The summed E-state index contributed by atoms with van der Waals surface area (Å²) in [6.07, 6.45) is 0. The van der Waals surface area contributed by atoms with Gasteiger partial charge in [-0.25, -0.2) is 0 Å². The van der Waals surface area contributed by atoms with Crippen molar-refractivity contribution in [3.05, 3.63) is 5.82 Å². The maximum Gasteiger partial charge on any atom is 0.235 e. The fourth-order valence-corrected chi connectivity index (χ4v) is 2.31.